The molecule has 0 bridgehead atoms. The zero-order chi connectivity index (χ0) is 10.1. The molecule has 0 aromatic carbocycles. The van der Waals surface area contributed by atoms with E-state index in [1.54, 1.807) is 4.90 Å². The maximum absolute atomic E-state index is 11.0. The van der Waals surface area contributed by atoms with Gasteiger partial charge in [-0.15, -0.1) is 0 Å². The Labute approximate surface area is 77.6 Å². The van der Waals surface area contributed by atoms with Crippen molar-refractivity contribution in [3.63, 3.8) is 0 Å². The molecule has 0 spiro atoms. The van der Waals surface area contributed by atoms with E-state index >= 15 is 0 Å². The molecule has 1 aliphatic heterocycles. The molecule has 0 aromatic rings. The predicted octanol–water partition coefficient (Wildman–Crippen LogP) is -0.0906. The second kappa shape index (κ2) is 3.20. The van der Waals surface area contributed by atoms with Crippen LogP contribution in [0.1, 0.15) is 13.8 Å². The molecule has 1 saturated heterocycles. The highest BCUT2D eigenvalue weighted by Crippen LogP contribution is 2.19. The summed E-state index contributed by atoms with van der Waals surface area (Å²) in [5.74, 6) is -0.143. The Balaban J connectivity index is 2.42. The first-order valence-electron chi connectivity index (χ1n) is 4.17. The van der Waals surface area contributed by atoms with Crippen LogP contribution >= 0.6 is 0 Å². The lowest BCUT2D eigenvalue weighted by molar-refractivity contribution is -0.139. The number of nitrogens with zero attached hydrogens (tertiary/aromatic N) is 1. The molecule has 13 heavy (non-hydrogen) atoms. The van der Waals surface area contributed by atoms with Gasteiger partial charge in [0.1, 0.15) is 0 Å². The molecule has 0 unspecified atom stereocenters. The number of nitrogens with one attached hydrogen (secondary N) is 1. The zero-order valence-corrected chi connectivity index (χ0v) is 7.96. The van der Waals surface area contributed by atoms with Gasteiger partial charge in [-0.05, 0) is 13.0 Å². The summed E-state index contributed by atoms with van der Waals surface area (Å²) >= 11 is 0. The maximum Gasteiger partial charge on any atom is 0.243 e. The van der Waals surface area contributed by atoms with Crippen LogP contribution in [0.5, 0.6) is 0 Å². The second-order valence-corrected chi connectivity index (χ2v) is 3.63. The molecule has 72 valence electrons. The van der Waals surface area contributed by atoms with E-state index in [9.17, 15) is 9.59 Å². The summed E-state index contributed by atoms with van der Waals surface area (Å²) < 4.78 is 0. The summed E-state index contributed by atoms with van der Waals surface area (Å²) in [6.45, 7) is 7.97. The van der Waals surface area contributed by atoms with E-state index in [2.05, 4.69) is 11.9 Å². The minimum Gasteiger partial charge on any atom is -0.344 e. The van der Waals surface area contributed by atoms with Crippen LogP contribution in [0.15, 0.2) is 12.7 Å². The number of likely N-dealkylation sites (tertiary alicyclic amines) is 1. The fourth-order valence-corrected chi connectivity index (χ4v) is 1.45. The average molecular weight is 182 g/mol. The van der Waals surface area contributed by atoms with Gasteiger partial charge in [0.25, 0.3) is 0 Å². The minimum atomic E-state index is -0.267. The highest BCUT2D eigenvalue weighted by Gasteiger charge is 2.40. The van der Waals surface area contributed by atoms with E-state index in [-0.39, 0.29) is 17.4 Å². The number of hydrogen-bond donors (Lipinski definition) is 1. The first-order chi connectivity index (χ1) is 5.97. The molecular formula is C9H14N2O2. The molecule has 0 aliphatic carbocycles. The van der Waals surface area contributed by atoms with E-state index in [4.69, 9.17) is 0 Å². The van der Waals surface area contributed by atoms with E-state index in [1.807, 2.05) is 6.92 Å². The molecule has 1 rings (SSSR count). The summed E-state index contributed by atoms with van der Waals surface area (Å²) in [5, 5.41) is 2.78. The van der Waals surface area contributed by atoms with Crippen LogP contribution in [0, 0.1) is 0 Å². The van der Waals surface area contributed by atoms with Crippen molar-refractivity contribution in [2.24, 2.45) is 0 Å². The highest BCUT2D eigenvalue weighted by molar-refractivity contribution is 5.88. The molecule has 2 amide bonds. The Morgan fingerprint density at radius 2 is 2.08 bits per heavy atom. The number of hydrogen-bond acceptors (Lipinski definition) is 2. The van der Waals surface area contributed by atoms with Gasteiger partial charge < -0.3 is 10.2 Å². The van der Waals surface area contributed by atoms with Gasteiger partial charge in [0.15, 0.2) is 0 Å². The minimum absolute atomic E-state index is 0.0466. The van der Waals surface area contributed by atoms with Gasteiger partial charge in [-0.3, -0.25) is 9.59 Å². The van der Waals surface area contributed by atoms with Crippen molar-refractivity contribution in [1.29, 1.82) is 0 Å². The number of rotatable bonds is 2. The fourth-order valence-electron chi connectivity index (χ4n) is 1.45. The summed E-state index contributed by atoms with van der Waals surface area (Å²) in [5.41, 5.74) is -0.267. The molecule has 0 radical (unpaired) electrons. The lowest BCUT2D eigenvalue weighted by atomic mass is 9.92. The van der Waals surface area contributed by atoms with Crippen LogP contribution in [0.2, 0.25) is 0 Å². The van der Waals surface area contributed by atoms with Gasteiger partial charge in [-0.2, -0.15) is 0 Å². The summed E-state index contributed by atoms with van der Waals surface area (Å²) in [7, 11) is 0. The molecule has 0 atom stereocenters. The fraction of sp³-hybridized carbons (Fsp3) is 0.556. The topological polar surface area (TPSA) is 49.4 Å². The Kier molecular flexibility index (Phi) is 2.40. The van der Waals surface area contributed by atoms with Crippen molar-refractivity contribution in [1.82, 2.24) is 10.2 Å². The third kappa shape index (κ3) is 2.08. The normalized spacial score (nSPS) is 18.8. The van der Waals surface area contributed by atoms with Crippen molar-refractivity contribution >= 4 is 11.8 Å². The largest absolute Gasteiger partial charge is 0.344 e. The molecule has 1 fully saturated rings. The average Bonchev–Trinajstić information content (AvgIpc) is 1.99. The summed E-state index contributed by atoms with van der Waals surface area (Å²) in [6.07, 6.45) is 1.24. The Morgan fingerprint density at radius 3 is 2.46 bits per heavy atom. The summed E-state index contributed by atoms with van der Waals surface area (Å²) in [6, 6.07) is 0. The number of amides is 2. The van der Waals surface area contributed by atoms with Gasteiger partial charge in [-0.1, -0.05) is 6.58 Å². The smallest absolute Gasteiger partial charge is 0.243 e. The van der Waals surface area contributed by atoms with E-state index < -0.39 is 0 Å². The Bertz CT molecular complexity index is 254. The molecule has 1 N–H and O–H groups in total. The predicted molar refractivity (Wildman–Crippen MR) is 49.0 cm³/mol. The molecule has 1 heterocycles. The molecule has 4 heteroatoms. The van der Waals surface area contributed by atoms with Crippen molar-refractivity contribution in [2.45, 2.75) is 19.4 Å². The van der Waals surface area contributed by atoms with Gasteiger partial charge in [0.05, 0.1) is 5.54 Å². The van der Waals surface area contributed by atoms with Gasteiger partial charge in [0, 0.05) is 20.0 Å². The molecule has 4 nitrogen and oxygen atoms in total. The van der Waals surface area contributed by atoms with Crippen LogP contribution < -0.4 is 5.32 Å². The molecule has 1 aliphatic rings. The van der Waals surface area contributed by atoms with Gasteiger partial charge in [0.2, 0.25) is 11.8 Å². The maximum atomic E-state index is 11.0. The summed E-state index contributed by atoms with van der Waals surface area (Å²) in [4.78, 5) is 23.5. The Hall–Kier alpha value is -1.32. The van der Waals surface area contributed by atoms with E-state index in [0.29, 0.717) is 13.1 Å². The van der Waals surface area contributed by atoms with Crippen molar-refractivity contribution in [3.8, 4) is 0 Å². The molecular weight excluding hydrogens is 168 g/mol. The molecule has 0 saturated carbocycles. The quantitative estimate of drug-likeness (QED) is 0.607. The lowest BCUT2D eigenvalue weighted by Gasteiger charge is -2.47. The SMILES string of the molecule is C=CC(=O)NC1(C)CN(C(C)=O)C1. The standard InChI is InChI=1S/C9H14N2O2/c1-4-8(13)10-9(3)5-11(6-9)7(2)12/h4H,1,5-6H2,2-3H3,(H,10,13). The second-order valence-electron chi connectivity index (χ2n) is 3.63. The van der Waals surface area contributed by atoms with Crippen LogP contribution in [0.3, 0.4) is 0 Å². The van der Waals surface area contributed by atoms with Crippen molar-refractivity contribution < 1.29 is 9.59 Å². The van der Waals surface area contributed by atoms with Crippen LogP contribution in [-0.2, 0) is 9.59 Å². The number of carbonyl (C=O) groups is 2. The molecule has 0 aromatic heterocycles. The first-order valence-corrected chi connectivity index (χ1v) is 4.17. The van der Waals surface area contributed by atoms with Crippen LogP contribution in [0.25, 0.3) is 0 Å². The lowest BCUT2D eigenvalue weighted by Crippen LogP contribution is -2.69. The van der Waals surface area contributed by atoms with Crippen LogP contribution in [-0.4, -0.2) is 35.3 Å². The Morgan fingerprint density at radius 1 is 1.54 bits per heavy atom. The third-order valence-corrected chi connectivity index (χ3v) is 2.14. The van der Waals surface area contributed by atoms with Gasteiger partial charge in [-0.25, -0.2) is 0 Å². The van der Waals surface area contributed by atoms with Crippen molar-refractivity contribution in [3.05, 3.63) is 12.7 Å². The third-order valence-electron chi connectivity index (χ3n) is 2.14. The van der Waals surface area contributed by atoms with Crippen molar-refractivity contribution in [2.75, 3.05) is 13.1 Å². The monoisotopic (exact) mass is 182 g/mol. The van der Waals surface area contributed by atoms with E-state index in [0.717, 1.165) is 0 Å². The van der Waals surface area contributed by atoms with Gasteiger partial charge >= 0.3 is 0 Å². The first kappa shape index (κ1) is 9.77. The van der Waals surface area contributed by atoms with Crippen LogP contribution in [0.4, 0.5) is 0 Å². The number of carbonyl (C=O) groups excluding carboxylic acids is 2. The van der Waals surface area contributed by atoms with E-state index in [1.165, 1.54) is 13.0 Å². The zero-order valence-electron chi connectivity index (χ0n) is 7.96. The highest BCUT2D eigenvalue weighted by atomic mass is 16.2.